The van der Waals surface area contributed by atoms with Crippen LogP contribution in [0.4, 0.5) is 0 Å². The van der Waals surface area contributed by atoms with E-state index in [0.29, 0.717) is 15.8 Å². The monoisotopic (exact) mass is 635 g/mol. The van der Waals surface area contributed by atoms with Crippen LogP contribution in [0, 0.1) is 0 Å². The van der Waals surface area contributed by atoms with Gasteiger partial charge < -0.3 is 0 Å². The van der Waals surface area contributed by atoms with Crippen LogP contribution in [0.25, 0.3) is 0 Å². The molecule has 0 amide bonds. The summed E-state index contributed by atoms with van der Waals surface area (Å²) in [5.41, 5.74) is 0. The van der Waals surface area contributed by atoms with E-state index >= 15 is 0 Å². The van der Waals surface area contributed by atoms with Crippen molar-refractivity contribution in [2.24, 2.45) is 0 Å². The number of rotatable bonds is 30. The second kappa shape index (κ2) is 41.5. The zero-order chi connectivity index (χ0) is 28.4. The molecule has 0 saturated carbocycles. The van der Waals surface area contributed by atoms with Gasteiger partial charge in [0.15, 0.2) is 0 Å². The fourth-order valence-electron chi connectivity index (χ4n) is 5.24. The van der Waals surface area contributed by atoms with E-state index in [4.69, 9.17) is 0 Å². The Bertz CT molecular complexity index is 297. The minimum Gasteiger partial charge on any atom is -0.107 e. The van der Waals surface area contributed by atoms with Crippen LogP contribution in [-0.2, 0) is 17.1 Å². The molecule has 0 aliphatic carbocycles. The van der Waals surface area contributed by atoms with Gasteiger partial charge in [-0.15, -0.1) is 15.8 Å². The van der Waals surface area contributed by atoms with Gasteiger partial charge in [-0.3, -0.25) is 0 Å². The molecule has 0 fully saturated rings. The molecule has 0 aromatic heterocycles. The molecule has 0 rings (SSSR count). The Labute approximate surface area is 264 Å². The molecule has 39 heavy (non-hydrogen) atoms. The molecule has 0 aromatic carbocycles. The average Bonchev–Trinajstić information content (AvgIpc) is 2.93. The molecular weight excluding hydrogens is 558 g/mol. The third-order valence-corrected chi connectivity index (χ3v) is 13.7. The SMILES string of the molecule is CCCCCCP(CCCCCC)CCCCCC.CCCCCCP(CCCCCC)CCCCCC.[Cu]. The number of unbranched alkanes of at least 4 members (excludes halogenated alkanes) is 18. The molecule has 0 spiro atoms. The largest absolute Gasteiger partial charge is 0.107 e. The van der Waals surface area contributed by atoms with E-state index in [1.54, 1.807) is 37.0 Å². The quantitative estimate of drug-likeness (QED) is 0.0418. The first-order valence-corrected chi connectivity index (χ1v) is 21.9. The van der Waals surface area contributed by atoms with Gasteiger partial charge in [0, 0.05) is 17.1 Å². The Morgan fingerprint density at radius 3 is 0.513 bits per heavy atom. The zero-order valence-corrected chi connectivity index (χ0v) is 31.1. The summed E-state index contributed by atoms with van der Waals surface area (Å²) in [7, 11) is 0.779. The molecule has 3 heteroatoms. The maximum absolute atomic E-state index is 2.32. The Morgan fingerprint density at radius 2 is 0.385 bits per heavy atom. The molecule has 1 radical (unpaired) electrons. The first kappa shape index (κ1) is 44.8. The average molecular weight is 637 g/mol. The minimum absolute atomic E-state index is 0. The van der Waals surface area contributed by atoms with Crippen molar-refractivity contribution < 1.29 is 17.1 Å². The summed E-state index contributed by atoms with van der Waals surface area (Å²) in [5, 5.41) is 0. The summed E-state index contributed by atoms with van der Waals surface area (Å²) < 4.78 is 0. The van der Waals surface area contributed by atoms with Crippen molar-refractivity contribution in [3.8, 4) is 0 Å². The van der Waals surface area contributed by atoms with E-state index in [1.807, 2.05) is 0 Å². The van der Waals surface area contributed by atoms with Gasteiger partial charge in [-0.1, -0.05) is 157 Å². The predicted molar refractivity (Wildman–Crippen MR) is 188 cm³/mol. The van der Waals surface area contributed by atoms with Gasteiger partial charge in [0.1, 0.15) is 0 Å². The molecular formula is C36H78CuP2. The van der Waals surface area contributed by atoms with Crippen LogP contribution < -0.4 is 0 Å². The summed E-state index contributed by atoms with van der Waals surface area (Å²) in [6.45, 7) is 13.9. The van der Waals surface area contributed by atoms with Crippen LogP contribution in [0.15, 0.2) is 0 Å². The van der Waals surface area contributed by atoms with Gasteiger partial charge in [-0.2, -0.15) is 0 Å². The van der Waals surface area contributed by atoms with E-state index < -0.39 is 0 Å². The van der Waals surface area contributed by atoms with Crippen LogP contribution in [0.5, 0.6) is 0 Å². The van der Waals surface area contributed by atoms with E-state index in [2.05, 4.69) is 41.5 Å². The topological polar surface area (TPSA) is 0 Å². The Hall–Kier alpha value is 1.38. The van der Waals surface area contributed by atoms with E-state index in [1.165, 1.54) is 154 Å². The van der Waals surface area contributed by atoms with Crippen molar-refractivity contribution >= 4 is 15.8 Å². The summed E-state index contributed by atoms with van der Waals surface area (Å²) >= 11 is 0. The Kier molecular flexibility index (Phi) is 47.7. The van der Waals surface area contributed by atoms with Crippen LogP contribution >= 0.6 is 15.8 Å². The normalized spacial score (nSPS) is 11.1. The fourth-order valence-corrected chi connectivity index (χ4v) is 10.6. The molecule has 0 heterocycles. The van der Waals surface area contributed by atoms with Gasteiger partial charge in [0.2, 0.25) is 0 Å². The third kappa shape index (κ3) is 39.4. The van der Waals surface area contributed by atoms with Crippen molar-refractivity contribution in [2.75, 3.05) is 37.0 Å². The van der Waals surface area contributed by atoms with Gasteiger partial charge in [0.05, 0.1) is 0 Å². The van der Waals surface area contributed by atoms with Crippen molar-refractivity contribution in [3.63, 3.8) is 0 Å². The van der Waals surface area contributed by atoms with Crippen LogP contribution in [0.1, 0.15) is 196 Å². The smallest absolute Gasteiger partial charge is 0 e. The first-order chi connectivity index (χ1) is 18.7. The molecule has 243 valence electrons. The van der Waals surface area contributed by atoms with E-state index in [0.717, 1.165) is 0 Å². The van der Waals surface area contributed by atoms with Crippen molar-refractivity contribution in [3.05, 3.63) is 0 Å². The molecule has 0 aromatic rings. The molecule has 0 saturated heterocycles. The summed E-state index contributed by atoms with van der Waals surface area (Å²) in [5.74, 6) is 0. The number of hydrogen-bond acceptors (Lipinski definition) is 0. The van der Waals surface area contributed by atoms with E-state index in [-0.39, 0.29) is 17.1 Å². The van der Waals surface area contributed by atoms with Gasteiger partial charge >= 0.3 is 0 Å². The van der Waals surface area contributed by atoms with Crippen LogP contribution in [0.3, 0.4) is 0 Å². The molecule has 0 nitrogen and oxygen atoms in total. The van der Waals surface area contributed by atoms with E-state index in [9.17, 15) is 0 Å². The second-order valence-corrected chi connectivity index (χ2v) is 17.4. The first-order valence-electron chi connectivity index (χ1n) is 18.1. The number of hydrogen-bond donors (Lipinski definition) is 0. The van der Waals surface area contributed by atoms with Gasteiger partial charge in [-0.05, 0) is 75.5 Å². The third-order valence-electron chi connectivity index (χ3n) is 7.97. The molecule has 0 N–H and O–H groups in total. The molecule has 0 aliphatic rings. The summed E-state index contributed by atoms with van der Waals surface area (Å²) in [6.07, 6.45) is 44.5. The van der Waals surface area contributed by atoms with Crippen LogP contribution in [-0.4, -0.2) is 37.0 Å². The molecule has 0 aliphatic heterocycles. The second-order valence-electron chi connectivity index (χ2n) is 12.0. The maximum Gasteiger partial charge on any atom is 0 e. The zero-order valence-electron chi connectivity index (χ0n) is 28.4. The maximum atomic E-state index is 2.32. The standard InChI is InChI=1S/2C18H39P.Cu/c2*1-4-7-10-13-16-19(17-14-11-8-5-2)18-15-12-9-6-3;/h2*4-18H2,1-3H3;. The molecule has 0 atom stereocenters. The van der Waals surface area contributed by atoms with Gasteiger partial charge in [0.25, 0.3) is 0 Å². The Balaban J connectivity index is -0.000000648. The molecule has 0 bridgehead atoms. The van der Waals surface area contributed by atoms with Crippen molar-refractivity contribution in [1.29, 1.82) is 0 Å². The summed E-state index contributed by atoms with van der Waals surface area (Å²) in [4.78, 5) is 0. The van der Waals surface area contributed by atoms with Crippen molar-refractivity contribution in [2.45, 2.75) is 196 Å². The van der Waals surface area contributed by atoms with Gasteiger partial charge in [-0.25, -0.2) is 0 Å². The van der Waals surface area contributed by atoms with Crippen LogP contribution in [0.2, 0.25) is 0 Å². The summed E-state index contributed by atoms with van der Waals surface area (Å²) in [6, 6.07) is 0. The predicted octanol–water partition coefficient (Wildman–Crippen LogP) is 14.4. The Morgan fingerprint density at radius 1 is 0.231 bits per heavy atom. The molecule has 0 unspecified atom stereocenters. The fraction of sp³-hybridized carbons (Fsp3) is 1.00. The van der Waals surface area contributed by atoms with Crippen molar-refractivity contribution in [1.82, 2.24) is 0 Å². The minimum atomic E-state index is 0.